The molecule has 0 aliphatic rings. The van der Waals surface area contributed by atoms with Crippen molar-refractivity contribution in [3.8, 4) is 23.0 Å². The van der Waals surface area contributed by atoms with Gasteiger partial charge >= 0.3 is 11.9 Å². The van der Waals surface area contributed by atoms with E-state index >= 15 is 0 Å². The number of amides is 1. The summed E-state index contributed by atoms with van der Waals surface area (Å²) in [5, 5.41) is 21.2. The molecule has 0 aromatic heterocycles. The molecule has 0 unspecified atom stereocenters. The zero-order valence-corrected chi connectivity index (χ0v) is 16.6. The number of carbonyl (C=O) groups excluding carboxylic acids is 1. The van der Waals surface area contributed by atoms with E-state index in [2.05, 4.69) is 5.32 Å². The van der Waals surface area contributed by atoms with Crippen LogP contribution in [0.5, 0.6) is 23.0 Å². The fourth-order valence-electron chi connectivity index (χ4n) is 2.65. The predicted molar refractivity (Wildman–Crippen MR) is 111 cm³/mol. The second-order valence-corrected chi connectivity index (χ2v) is 6.76. The standard InChI is InChI=1S/C22H18ClNO6/c1-13-9-15(24-21(26)22(27)28)11-18(23)20(13)30-17-7-8-19(25)14(10-17)12-29-16-5-3-2-4-6-16/h2-11,25H,12H2,1H3,(H,24,26)(H,27,28). The van der Waals surface area contributed by atoms with Crippen LogP contribution in [0.2, 0.25) is 5.02 Å². The van der Waals surface area contributed by atoms with Crippen molar-refractivity contribution in [1.82, 2.24) is 0 Å². The molecule has 0 fully saturated rings. The van der Waals surface area contributed by atoms with Crippen molar-refractivity contribution in [2.45, 2.75) is 13.5 Å². The molecule has 3 aromatic carbocycles. The zero-order valence-electron chi connectivity index (χ0n) is 15.9. The predicted octanol–water partition coefficient (Wildman–Crippen LogP) is 4.75. The van der Waals surface area contributed by atoms with Crippen LogP contribution < -0.4 is 14.8 Å². The van der Waals surface area contributed by atoms with Gasteiger partial charge in [-0.25, -0.2) is 4.79 Å². The van der Waals surface area contributed by atoms with Gasteiger partial charge in [0.05, 0.1) is 5.02 Å². The van der Waals surface area contributed by atoms with E-state index in [1.807, 2.05) is 30.3 Å². The molecule has 3 N–H and O–H groups in total. The lowest BCUT2D eigenvalue weighted by atomic mass is 10.1. The molecule has 3 rings (SSSR count). The van der Waals surface area contributed by atoms with E-state index in [9.17, 15) is 14.7 Å². The highest BCUT2D eigenvalue weighted by Crippen LogP contribution is 2.36. The second-order valence-electron chi connectivity index (χ2n) is 6.36. The van der Waals surface area contributed by atoms with E-state index in [0.717, 1.165) is 0 Å². The number of carboxylic acid groups (broad SMARTS) is 1. The van der Waals surface area contributed by atoms with E-state index in [0.29, 0.717) is 28.4 Å². The van der Waals surface area contributed by atoms with Crippen LogP contribution in [0.15, 0.2) is 60.7 Å². The number of hydrogen-bond donors (Lipinski definition) is 3. The lowest BCUT2D eigenvalue weighted by Crippen LogP contribution is -2.21. The number of phenols is 1. The van der Waals surface area contributed by atoms with E-state index < -0.39 is 11.9 Å². The fraction of sp³-hybridized carbons (Fsp3) is 0.0909. The van der Waals surface area contributed by atoms with Gasteiger partial charge in [-0.3, -0.25) is 4.79 Å². The normalized spacial score (nSPS) is 10.3. The second kappa shape index (κ2) is 9.19. The molecule has 0 spiro atoms. The van der Waals surface area contributed by atoms with Crippen LogP contribution in [0, 0.1) is 6.92 Å². The van der Waals surface area contributed by atoms with Gasteiger partial charge in [0.15, 0.2) is 0 Å². The van der Waals surface area contributed by atoms with Crippen LogP contribution in [0.4, 0.5) is 5.69 Å². The van der Waals surface area contributed by atoms with Gasteiger partial charge in [-0.05, 0) is 55.0 Å². The Morgan fingerprint density at radius 1 is 1.03 bits per heavy atom. The minimum Gasteiger partial charge on any atom is -0.508 e. The molecule has 0 heterocycles. The Morgan fingerprint density at radius 2 is 1.77 bits per heavy atom. The Bertz CT molecular complexity index is 1060. The van der Waals surface area contributed by atoms with Crippen molar-refractivity contribution >= 4 is 29.2 Å². The number of nitrogens with one attached hydrogen (secondary N) is 1. The van der Waals surface area contributed by atoms with Crippen LogP contribution in [0.3, 0.4) is 0 Å². The van der Waals surface area contributed by atoms with E-state index in [4.69, 9.17) is 26.2 Å². The maximum absolute atomic E-state index is 11.3. The van der Waals surface area contributed by atoms with Crippen molar-refractivity contribution in [2.75, 3.05) is 5.32 Å². The summed E-state index contributed by atoms with van der Waals surface area (Å²) < 4.78 is 11.5. The largest absolute Gasteiger partial charge is 0.508 e. The Kier molecular flexibility index (Phi) is 6.44. The van der Waals surface area contributed by atoms with Gasteiger partial charge in [0.1, 0.15) is 29.6 Å². The van der Waals surface area contributed by atoms with Gasteiger partial charge in [-0.2, -0.15) is 0 Å². The molecule has 30 heavy (non-hydrogen) atoms. The van der Waals surface area contributed by atoms with Gasteiger partial charge in [-0.15, -0.1) is 0 Å². The number of aliphatic carboxylic acids is 1. The van der Waals surface area contributed by atoms with Crippen molar-refractivity contribution in [2.24, 2.45) is 0 Å². The quantitative estimate of drug-likeness (QED) is 0.490. The number of ether oxygens (including phenoxy) is 2. The number of carboxylic acids is 1. The minimum atomic E-state index is -1.60. The molecule has 1 amide bonds. The highest BCUT2D eigenvalue weighted by molar-refractivity contribution is 6.37. The number of anilines is 1. The summed E-state index contributed by atoms with van der Waals surface area (Å²) in [7, 11) is 0. The number of aryl methyl sites for hydroxylation is 1. The summed E-state index contributed by atoms with van der Waals surface area (Å²) in [6, 6.07) is 16.8. The number of carbonyl (C=O) groups is 2. The summed E-state index contributed by atoms with van der Waals surface area (Å²) in [4.78, 5) is 22.0. The molecule has 3 aromatic rings. The number of halogens is 1. The third-order valence-electron chi connectivity index (χ3n) is 4.09. The smallest absolute Gasteiger partial charge is 0.394 e. The molecular weight excluding hydrogens is 410 g/mol. The van der Waals surface area contributed by atoms with E-state index in [-0.39, 0.29) is 23.1 Å². The molecule has 0 saturated heterocycles. The molecule has 8 heteroatoms. The van der Waals surface area contributed by atoms with Crippen molar-refractivity contribution in [3.63, 3.8) is 0 Å². The topological polar surface area (TPSA) is 105 Å². The first-order valence-electron chi connectivity index (χ1n) is 8.85. The summed E-state index contributed by atoms with van der Waals surface area (Å²) in [6.07, 6.45) is 0. The van der Waals surface area contributed by atoms with Crippen molar-refractivity contribution in [3.05, 3.63) is 76.8 Å². The number of rotatable bonds is 6. The zero-order chi connectivity index (χ0) is 21.7. The van der Waals surface area contributed by atoms with E-state index in [1.54, 1.807) is 25.1 Å². The molecule has 0 radical (unpaired) electrons. The lowest BCUT2D eigenvalue weighted by molar-refractivity contribution is -0.147. The third-order valence-corrected chi connectivity index (χ3v) is 4.37. The summed E-state index contributed by atoms with van der Waals surface area (Å²) in [5.74, 6) is -1.27. The highest BCUT2D eigenvalue weighted by Gasteiger charge is 2.15. The van der Waals surface area contributed by atoms with Crippen LogP contribution in [0.25, 0.3) is 0 Å². The maximum Gasteiger partial charge on any atom is 0.394 e. The summed E-state index contributed by atoms with van der Waals surface area (Å²) in [6.45, 7) is 1.84. The van der Waals surface area contributed by atoms with Gasteiger partial charge in [0.2, 0.25) is 0 Å². The first kappa shape index (κ1) is 21.0. The summed E-state index contributed by atoms with van der Waals surface area (Å²) in [5.41, 5.74) is 1.34. The molecule has 7 nitrogen and oxygen atoms in total. The maximum atomic E-state index is 11.3. The van der Waals surface area contributed by atoms with Gasteiger partial charge < -0.3 is 25.0 Å². The van der Waals surface area contributed by atoms with Crippen molar-refractivity contribution < 1.29 is 29.3 Å². The molecule has 0 aliphatic carbocycles. The Labute approximate surface area is 177 Å². The number of benzene rings is 3. The van der Waals surface area contributed by atoms with E-state index in [1.165, 1.54) is 12.1 Å². The van der Waals surface area contributed by atoms with Crippen molar-refractivity contribution in [1.29, 1.82) is 0 Å². The summed E-state index contributed by atoms with van der Waals surface area (Å²) >= 11 is 6.26. The van der Waals surface area contributed by atoms with Gasteiger partial charge in [-0.1, -0.05) is 29.8 Å². The van der Waals surface area contributed by atoms with Gasteiger partial charge in [0.25, 0.3) is 0 Å². The molecule has 0 bridgehead atoms. The minimum absolute atomic E-state index is 0.0628. The molecule has 0 atom stereocenters. The van der Waals surface area contributed by atoms with Crippen LogP contribution in [-0.2, 0) is 16.2 Å². The molecule has 0 saturated carbocycles. The highest BCUT2D eigenvalue weighted by atomic mass is 35.5. The first-order chi connectivity index (χ1) is 14.3. The van der Waals surface area contributed by atoms with Crippen LogP contribution >= 0.6 is 11.6 Å². The average molecular weight is 428 g/mol. The third kappa shape index (κ3) is 5.21. The van der Waals surface area contributed by atoms with Gasteiger partial charge in [0, 0.05) is 11.3 Å². The number of para-hydroxylation sites is 1. The SMILES string of the molecule is Cc1cc(NC(=O)C(=O)O)cc(Cl)c1Oc1ccc(O)c(COc2ccccc2)c1. The number of phenolic OH excluding ortho intramolecular Hbond substituents is 1. The monoisotopic (exact) mass is 427 g/mol. The lowest BCUT2D eigenvalue weighted by Gasteiger charge is -2.14. The fourth-order valence-corrected chi connectivity index (χ4v) is 2.96. The first-order valence-corrected chi connectivity index (χ1v) is 9.23. The average Bonchev–Trinajstić information content (AvgIpc) is 2.71. The molecule has 154 valence electrons. The van der Waals surface area contributed by atoms with Crippen LogP contribution in [0.1, 0.15) is 11.1 Å². The Balaban J connectivity index is 1.77. The number of hydrogen-bond acceptors (Lipinski definition) is 5. The number of aromatic hydroxyl groups is 1. The Morgan fingerprint density at radius 3 is 2.43 bits per heavy atom. The molecule has 0 aliphatic heterocycles. The van der Waals surface area contributed by atoms with Crippen LogP contribution in [-0.4, -0.2) is 22.1 Å². The Hall–Kier alpha value is -3.71. The molecular formula is C22H18ClNO6.